The van der Waals surface area contributed by atoms with Crippen LogP contribution in [0.15, 0.2) is 26.5 Å². The maximum Gasteiger partial charge on any atom is 0.324 e. The number of unbranched alkanes of at least 4 members (excludes halogenated alkanes) is 3. The number of hydrogen-bond donors (Lipinski definition) is 2. The Kier molecular flexibility index (Phi) is 9.33. The van der Waals surface area contributed by atoms with Crippen LogP contribution in [0.3, 0.4) is 0 Å². The molecule has 28 heavy (non-hydrogen) atoms. The van der Waals surface area contributed by atoms with Gasteiger partial charge in [0.15, 0.2) is 11.7 Å². The second-order valence-electron chi connectivity index (χ2n) is 6.89. The Hall–Kier alpha value is -1.52. The number of nitrogens with zero attached hydrogens (tertiary/aromatic N) is 3. The van der Waals surface area contributed by atoms with Crippen molar-refractivity contribution in [1.82, 2.24) is 14.3 Å². The minimum Gasteiger partial charge on any atom is -0.464 e. The molecule has 10 heteroatoms. The van der Waals surface area contributed by atoms with Gasteiger partial charge in [0.1, 0.15) is 11.5 Å². The van der Waals surface area contributed by atoms with Gasteiger partial charge in [-0.25, -0.2) is 9.44 Å². The molecular formula is C18H31N5O3S2. The van der Waals surface area contributed by atoms with E-state index in [-0.39, 0.29) is 0 Å². The van der Waals surface area contributed by atoms with Crippen molar-refractivity contribution in [2.75, 3.05) is 32.9 Å². The molecule has 0 bridgehead atoms. The van der Waals surface area contributed by atoms with Crippen LogP contribution in [0.2, 0.25) is 0 Å². The summed E-state index contributed by atoms with van der Waals surface area (Å²) in [4.78, 5) is 10.8. The minimum atomic E-state index is -3.57. The fourth-order valence-electron chi connectivity index (χ4n) is 2.61. The summed E-state index contributed by atoms with van der Waals surface area (Å²) in [5, 5.41) is 0. The number of thioether (sulfide) groups is 1. The van der Waals surface area contributed by atoms with Gasteiger partial charge in [-0.1, -0.05) is 26.2 Å². The Morgan fingerprint density at radius 3 is 2.39 bits per heavy atom. The number of furan rings is 1. The summed E-state index contributed by atoms with van der Waals surface area (Å²) in [6.45, 7) is 4.04. The number of rotatable bonds is 12. The Labute approximate surface area is 172 Å². The highest BCUT2D eigenvalue weighted by molar-refractivity contribution is 7.98. The summed E-state index contributed by atoms with van der Waals surface area (Å²) in [5.41, 5.74) is 0. The number of amidine groups is 2. The summed E-state index contributed by atoms with van der Waals surface area (Å²) in [6, 6.07) is 3.99. The maximum atomic E-state index is 11.7. The average Bonchev–Trinajstić information content (AvgIpc) is 3.17. The van der Waals surface area contributed by atoms with Crippen LogP contribution in [-0.4, -0.2) is 57.9 Å². The van der Waals surface area contributed by atoms with Gasteiger partial charge in [0, 0.05) is 12.3 Å². The van der Waals surface area contributed by atoms with Crippen LogP contribution in [0.1, 0.15) is 44.1 Å². The zero-order valence-electron chi connectivity index (χ0n) is 16.9. The molecule has 2 rings (SSSR count). The first kappa shape index (κ1) is 22.8. The number of hydrogen-bond acceptors (Lipinski definition) is 7. The molecule has 1 aromatic heterocycles. The molecule has 8 nitrogen and oxygen atoms in total. The van der Waals surface area contributed by atoms with Crippen LogP contribution in [0.5, 0.6) is 0 Å². The summed E-state index contributed by atoms with van der Waals surface area (Å²) in [6.07, 6.45) is 4.37. The molecule has 0 aromatic carbocycles. The van der Waals surface area contributed by atoms with Gasteiger partial charge in [-0.15, -0.1) is 0 Å². The second-order valence-corrected chi connectivity index (χ2v) is 9.41. The van der Waals surface area contributed by atoms with E-state index in [1.54, 1.807) is 11.8 Å². The zero-order valence-corrected chi connectivity index (χ0v) is 18.5. The third-order valence-corrected chi connectivity index (χ3v) is 5.79. The normalized spacial score (nSPS) is 18.7. The molecule has 0 amide bonds. The lowest BCUT2D eigenvalue weighted by molar-refractivity contribution is 0.344. The molecular weight excluding hydrogens is 398 g/mol. The smallest absolute Gasteiger partial charge is 0.324 e. The number of aliphatic imine (C=N–C) groups is 2. The predicted octanol–water partition coefficient (Wildman–Crippen LogP) is 2.39. The van der Waals surface area contributed by atoms with E-state index in [1.807, 2.05) is 26.2 Å². The van der Waals surface area contributed by atoms with Crippen molar-refractivity contribution in [3.05, 3.63) is 23.7 Å². The van der Waals surface area contributed by atoms with Crippen molar-refractivity contribution >= 4 is 33.6 Å². The van der Waals surface area contributed by atoms with E-state index in [2.05, 4.69) is 31.3 Å². The Bertz CT molecular complexity index is 772. The molecule has 0 aliphatic carbocycles. The van der Waals surface area contributed by atoms with Crippen molar-refractivity contribution in [1.29, 1.82) is 0 Å². The fraction of sp³-hybridized carbons (Fsp3) is 0.667. The topological polar surface area (TPSA) is 99.3 Å². The van der Waals surface area contributed by atoms with Gasteiger partial charge in [0.2, 0.25) is 0 Å². The monoisotopic (exact) mass is 429 g/mol. The highest BCUT2D eigenvalue weighted by atomic mass is 32.2. The zero-order chi connectivity index (χ0) is 20.4. The molecule has 1 aliphatic heterocycles. The summed E-state index contributed by atoms with van der Waals surface area (Å²) in [7, 11) is 0.438. The van der Waals surface area contributed by atoms with E-state index in [0.717, 1.165) is 48.8 Å². The minimum absolute atomic E-state index is 0.308. The standard InChI is InChI=1S/C18H31N5O3S2/c1-4-5-6-7-10-19-17-18(22-28(24,25)21-17)20-11-12-27-14-16-9-8-15(26-16)13-23(2)3/h8-9H,4-7,10-14H2,1-3H3,(H,19,21)(H,20,22). The molecule has 0 unspecified atom stereocenters. The largest absolute Gasteiger partial charge is 0.464 e. The SMILES string of the molecule is CCCCCCN=C1NS(=O)(=O)NC1=NCCSCc1ccc(CN(C)C)o1. The second kappa shape index (κ2) is 11.5. The van der Waals surface area contributed by atoms with Crippen molar-refractivity contribution in [2.45, 2.75) is 44.9 Å². The fourth-order valence-corrected chi connectivity index (χ4v) is 4.22. The quantitative estimate of drug-likeness (QED) is 0.497. The van der Waals surface area contributed by atoms with E-state index in [4.69, 9.17) is 4.42 Å². The van der Waals surface area contributed by atoms with Crippen molar-refractivity contribution in [3.63, 3.8) is 0 Å². The summed E-state index contributed by atoms with van der Waals surface area (Å²) >= 11 is 1.70. The molecule has 0 atom stereocenters. The third kappa shape index (κ3) is 8.24. The highest BCUT2D eigenvalue weighted by Crippen LogP contribution is 2.16. The maximum absolute atomic E-state index is 11.7. The van der Waals surface area contributed by atoms with Crippen molar-refractivity contribution in [2.24, 2.45) is 9.98 Å². The van der Waals surface area contributed by atoms with Gasteiger partial charge >= 0.3 is 10.2 Å². The van der Waals surface area contributed by atoms with Crippen LogP contribution in [-0.2, 0) is 22.5 Å². The van der Waals surface area contributed by atoms with Crippen molar-refractivity contribution < 1.29 is 12.8 Å². The van der Waals surface area contributed by atoms with E-state index < -0.39 is 10.2 Å². The lowest BCUT2D eigenvalue weighted by Gasteiger charge is -2.05. The highest BCUT2D eigenvalue weighted by Gasteiger charge is 2.27. The van der Waals surface area contributed by atoms with E-state index >= 15 is 0 Å². The molecule has 0 spiro atoms. The van der Waals surface area contributed by atoms with Gasteiger partial charge in [0.25, 0.3) is 0 Å². The third-order valence-electron chi connectivity index (χ3n) is 3.91. The van der Waals surface area contributed by atoms with E-state index in [1.165, 1.54) is 6.42 Å². The van der Waals surface area contributed by atoms with Crippen molar-refractivity contribution in [3.8, 4) is 0 Å². The first-order valence-electron chi connectivity index (χ1n) is 9.59. The first-order chi connectivity index (χ1) is 13.4. The first-order valence-corrected chi connectivity index (χ1v) is 12.2. The summed E-state index contributed by atoms with van der Waals surface area (Å²) in [5.74, 6) is 4.04. The molecule has 0 radical (unpaired) electrons. The van der Waals surface area contributed by atoms with Gasteiger partial charge in [-0.05, 0) is 32.6 Å². The van der Waals surface area contributed by atoms with Crippen LogP contribution < -0.4 is 9.44 Å². The van der Waals surface area contributed by atoms with Gasteiger partial charge < -0.3 is 9.32 Å². The molecule has 1 fully saturated rings. The Morgan fingerprint density at radius 2 is 1.71 bits per heavy atom. The molecule has 1 saturated heterocycles. The van der Waals surface area contributed by atoms with Crippen LogP contribution in [0, 0.1) is 0 Å². The van der Waals surface area contributed by atoms with Crippen LogP contribution in [0.4, 0.5) is 0 Å². The average molecular weight is 430 g/mol. The molecule has 2 heterocycles. The molecule has 158 valence electrons. The lowest BCUT2D eigenvalue weighted by atomic mass is 10.2. The van der Waals surface area contributed by atoms with Gasteiger partial charge in [-0.3, -0.25) is 9.98 Å². The molecule has 1 aliphatic rings. The van der Waals surface area contributed by atoms with Gasteiger partial charge in [0.05, 0.1) is 18.8 Å². The van der Waals surface area contributed by atoms with Crippen LogP contribution in [0.25, 0.3) is 0 Å². The van der Waals surface area contributed by atoms with Gasteiger partial charge in [-0.2, -0.15) is 20.2 Å². The Morgan fingerprint density at radius 1 is 1.04 bits per heavy atom. The predicted molar refractivity (Wildman–Crippen MR) is 116 cm³/mol. The number of nitrogens with one attached hydrogen (secondary N) is 2. The van der Waals surface area contributed by atoms with E-state index in [9.17, 15) is 8.42 Å². The molecule has 1 aromatic rings. The Balaban J connectivity index is 1.77. The van der Waals surface area contributed by atoms with E-state index in [0.29, 0.717) is 24.8 Å². The van der Waals surface area contributed by atoms with Crippen LogP contribution >= 0.6 is 11.8 Å². The lowest BCUT2D eigenvalue weighted by Crippen LogP contribution is -2.24. The molecule has 0 saturated carbocycles. The molecule has 2 N–H and O–H groups in total. The summed E-state index contributed by atoms with van der Waals surface area (Å²) < 4.78 is 34.1.